The molecule has 4 rings (SSSR count). The van der Waals surface area contributed by atoms with Gasteiger partial charge in [0, 0.05) is 28.5 Å². The molecule has 6 heteroatoms. The van der Waals surface area contributed by atoms with Gasteiger partial charge in [-0.3, -0.25) is 9.59 Å². The predicted molar refractivity (Wildman–Crippen MR) is 98.6 cm³/mol. The minimum atomic E-state index is -0.513. The quantitative estimate of drug-likeness (QED) is 0.756. The molecule has 0 fully saturated rings. The van der Waals surface area contributed by atoms with Crippen LogP contribution < -0.4 is 11.1 Å². The normalized spacial score (nSPS) is 12.8. The number of aryl methyl sites for hydroxylation is 1. The Balaban J connectivity index is 1.71. The molecule has 3 N–H and O–H groups in total. The number of aromatic nitrogens is 1. The number of benzene rings is 1. The molecule has 0 spiro atoms. The third kappa shape index (κ3) is 2.85. The molecule has 0 unspecified atom stereocenters. The Hall–Kier alpha value is -2.86. The van der Waals surface area contributed by atoms with Gasteiger partial charge in [-0.05, 0) is 55.2 Å². The lowest BCUT2D eigenvalue weighted by Crippen LogP contribution is -2.16. The molecule has 1 aliphatic carbocycles. The fourth-order valence-electron chi connectivity index (χ4n) is 3.22. The van der Waals surface area contributed by atoms with Crippen molar-refractivity contribution in [1.29, 1.82) is 0 Å². The summed E-state index contributed by atoms with van der Waals surface area (Å²) in [6.45, 7) is 0. The van der Waals surface area contributed by atoms with E-state index in [0.717, 1.165) is 35.4 Å². The van der Waals surface area contributed by atoms with Gasteiger partial charge in [0.05, 0.1) is 5.56 Å². The second kappa shape index (κ2) is 6.22. The maximum Gasteiger partial charge on any atom is 0.258 e. The van der Waals surface area contributed by atoms with E-state index in [4.69, 9.17) is 5.73 Å². The Kier molecular flexibility index (Phi) is 3.89. The molecule has 0 radical (unpaired) electrons. The summed E-state index contributed by atoms with van der Waals surface area (Å²) in [4.78, 5) is 25.6. The van der Waals surface area contributed by atoms with Crippen molar-refractivity contribution in [3.63, 3.8) is 0 Å². The van der Waals surface area contributed by atoms with Gasteiger partial charge in [-0.15, -0.1) is 11.3 Å². The van der Waals surface area contributed by atoms with Crippen molar-refractivity contribution < 1.29 is 9.59 Å². The van der Waals surface area contributed by atoms with E-state index >= 15 is 0 Å². The SMILES string of the molecule is NC(=O)c1cccc(NC(=O)c2c(-n3cccc3)sc3c2CCC3)c1. The van der Waals surface area contributed by atoms with E-state index in [1.165, 1.54) is 4.88 Å². The molecule has 25 heavy (non-hydrogen) atoms. The molecular weight excluding hydrogens is 334 g/mol. The van der Waals surface area contributed by atoms with Gasteiger partial charge in [0.25, 0.3) is 5.91 Å². The number of carbonyl (C=O) groups excluding carboxylic acids is 2. The highest BCUT2D eigenvalue weighted by atomic mass is 32.1. The summed E-state index contributed by atoms with van der Waals surface area (Å²) in [6.07, 6.45) is 6.94. The van der Waals surface area contributed by atoms with E-state index in [-0.39, 0.29) is 5.91 Å². The van der Waals surface area contributed by atoms with Crippen LogP contribution in [0.15, 0.2) is 48.8 Å². The number of nitrogens with two attached hydrogens (primary N) is 1. The van der Waals surface area contributed by atoms with Crippen molar-refractivity contribution in [2.24, 2.45) is 5.73 Å². The number of rotatable bonds is 4. The minimum absolute atomic E-state index is 0.148. The summed E-state index contributed by atoms with van der Waals surface area (Å²) in [5, 5.41) is 3.86. The average molecular weight is 351 g/mol. The number of amides is 2. The van der Waals surface area contributed by atoms with Crippen molar-refractivity contribution in [3.05, 3.63) is 70.4 Å². The van der Waals surface area contributed by atoms with Crippen molar-refractivity contribution >= 4 is 28.8 Å². The fraction of sp³-hybridized carbons (Fsp3) is 0.158. The van der Waals surface area contributed by atoms with E-state index in [2.05, 4.69) is 5.32 Å². The molecule has 1 aliphatic rings. The van der Waals surface area contributed by atoms with Gasteiger partial charge in [0.2, 0.25) is 5.91 Å². The maximum absolute atomic E-state index is 13.0. The van der Waals surface area contributed by atoms with Gasteiger partial charge in [-0.1, -0.05) is 6.07 Å². The molecule has 2 amide bonds. The lowest BCUT2D eigenvalue weighted by molar-refractivity contribution is 0.0996. The largest absolute Gasteiger partial charge is 0.366 e. The Morgan fingerprint density at radius 2 is 1.92 bits per heavy atom. The zero-order valence-corrected chi connectivity index (χ0v) is 14.3. The number of thiophene rings is 1. The first kappa shape index (κ1) is 15.7. The average Bonchev–Trinajstić information content (AvgIpc) is 3.31. The van der Waals surface area contributed by atoms with E-state index in [1.54, 1.807) is 35.6 Å². The number of carbonyl (C=O) groups is 2. The highest BCUT2D eigenvalue weighted by Crippen LogP contribution is 2.38. The third-order valence-corrected chi connectivity index (χ3v) is 5.68. The number of hydrogen-bond acceptors (Lipinski definition) is 3. The molecule has 0 saturated heterocycles. The summed E-state index contributed by atoms with van der Waals surface area (Å²) >= 11 is 1.68. The van der Waals surface area contributed by atoms with Crippen LogP contribution in [0, 0.1) is 0 Å². The molecule has 5 nitrogen and oxygen atoms in total. The standard InChI is InChI=1S/C19H17N3O2S/c20-17(23)12-5-3-6-13(11-12)21-18(24)16-14-7-4-8-15(14)25-19(16)22-9-1-2-10-22/h1-3,5-6,9-11H,4,7-8H2,(H2,20,23)(H,21,24). The number of anilines is 1. The Morgan fingerprint density at radius 3 is 2.68 bits per heavy atom. The van der Waals surface area contributed by atoms with Crippen LogP contribution >= 0.6 is 11.3 Å². The molecule has 2 heterocycles. The smallest absolute Gasteiger partial charge is 0.258 e. The number of nitrogens with zero attached hydrogens (tertiary/aromatic N) is 1. The zero-order chi connectivity index (χ0) is 17.4. The van der Waals surface area contributed by atoms with Crippen molar-refractivity contribution in [2.75, 3.05) is 5.32 Å². The molecule has 0 bridgehead atoms. The summed E-state index contributed by atoms with van der Waals surface area (Å²) < 4.78 is 1.98. The van der Waals surface area contributed by atoms with Crippen molar-refractivity contribution in [2.45, 2.75) is 19.3 Å². The van der Waals surface area contributed by atoms with Crippen LogP contribution in [0.2, 0.25) is 0 Å². The highest BCUT2D eigenvalue weighted by molar-refractivity contribution is 7.15. The van der Waals surface area contributed by atoms with Crippen LogP contribution in [0.5, 0.6) is 0 Å². The Morgan fingerprint density at radius 1 is 1.12 bits per heavy atom. The molecule has 3 aromatic rings. The molecular formula is C19H17N3O2S. The molecule has 0 atom stereocenters. The lowest BCUT2D eigenvalue weighted by atomic mass is 10.1. The second-order valence-electron chi connectivity index (χ2n) is 6.03. The van der Waals surface area contributed by atoms with Crippen LogP contribution in [-0.2, 0) is 12.8 Å². The maximum atomic E-state index is 13.0. The minimum Gasteiger partial charge on any atom is -0.366 e. The fourth-order valence-corrected chi connectivity index (χ4v) is 4.57. The van der Waals surface area contributed by atoms with E-state index in [0.29, 0.717) is 11.3 Å². The third-order valence-electron chi connectivity index (χ3n) is 4.37. The van der Waals surface area contributed by atoms with E-state index in [1.807, 2.05) is 29.1 Å². The number of nitrogens with one attached hydrogen (secondary N) is 1. The first-order valence-corrected chi connectivity index (χ1v) is 8.94. The monoisotopic (exact) mass is 351 g/mol. The van der Waals surface area contributed by atoms with Crippen LogP contribution in [0.4, 0.5) is 5.69 Å². The van der Waals surface area contributed by atoms with Gasteiger partial charge in [0.15, 0.2) is 0 Å². The Labute approximate surface area is 149 Å². The first-order chi connectivity index (χ1) is 12.1. The summed E-state index contributed by atoms with van der Waals surface area (Å²) in [5.74, 6) is -0.662. The second-order valence-corrected chi connectivity index (χ2v) is 7.11. The molecule has 2 aromatic heterocycles. The number of hydrogen-bond donors (Lipinski definition) is 2. The van der Waals surface area contributed by atoms with Crippen LogP contribution in [0.1, 0.15) is 37.6 Å². The summed E-state index contributed by atoms with van der Waals surface area (Å²) in [5.41, 5.74) is 8.14. The van der Waals surface area contributed by atoms with E-state index < -0.39 is 5.91 Å². The van der Waals surface area contributed by atoms with Gasteiger partial charge in [-0.2, -0.15) is 0 Å². The number of fused-ring (bicyclic) bond motifs is 1. The van der Waals surface area contributed by atoms with Crippen LogP contribution in [-0.4, -0.2) is 16.4 Å². The highest BCUT2D eigenvalue weighted by Gasteiger charge is 2.27. The predicted octanol–water partition coefficient (Wildman–Crippen LogP) is 3.38. The summed E-state index contributed by atoms with van der Waals surface area (Å²) in [7, 11) is 0. The zero-order valence-electron chi connectivity index (χ0n) is 13.5. The molecule has 0 saturated carbocycles. The van der Waals surface area contributed by atoms with Gasteiger partial charge in [-0.25, -0.2) is 0 Å². The Bertz CT molecular complexity index is 957. The molecule has 1 aromatic carbocycles. The van der Waals surface area contributed by atoms with Crippen LogP contribution in [0.3, 0.4) is 0 Å². The van der Waals surface area contributed by atoms with Gasteiger partial charge >= 0.3 is 0 Å². The summed E-state index contributed by atoms with van der Waals surface area (Å²) in [6, 6.07) is 10.6. The van der Waals surface area contributed by atoms with Crippen LogP contribution in [0.25, 0.3) is 5.00 Å². The van der Waals surface area contributed by atoms with Crippen molar-refractivity contribution in [3.8, 4) is 5.00 Å². The molecule has 0 aliphatic heterocycles. The molecule has 126 valence electrons. The van der Waals surface area contributed by atoms with Gasteiger partial charge in [0.1, 0.15) is 5.00 Å². The van der Waals surface area contributed by atoms with Crippen molar-refractivity contribution in [1.82, 2.24) is 4.57 Å². The first-order valence-electron chi connectivity index (χ1n) is 8.12. The van der Waals surface area contributed by atoms with E-state index in [9.17, 15) is 9.59 Å². The lowest BCUT2D eigenvalue weighted by Gasteiger charge is -2.10. The topological polar surface area (TPSA) is 77.1 Å². The van der Waals surface area contributed by atoms with Gasteiger partial charge < -0.3 is 15.6 Å². The number of primary amides is 1.